The number of benzene rings is 1. The molecule has 184 valence electrons. The van der Waals surface area contributed by atoms with Gasteiger partial charge in [0.1, 0.15) is 6.04 Å². The molecule has 0 aliphatic carbocycles. The van der Waals surface area contributed by atoms with Gasteiger partial charge < -0.3 is 19.4 Å². The predicted molar refractivity (Wildman–Crippen MR) is 125 cm³/mol. The van der Waals surface area contributed by atoms with E-state index in [1.54, 1.807) is 6.07 Å². The number of furan rings is 1. The van der Waals surface area contributed by atoms with Crippen LogP contribution in [0.3, 0.4) is 0 Å². The van der Waals surface area contributed by atoms with Gasteiger partial charge in [-0.15, -0.1) is 0 Å². The lowest BCUT2D eigenvalue weighted by Crippen LogP contribution is -2.47. The molecule has 0 radical (unpaired) electrons. The maximum atomic E-state index is 12.9. The van der Waals surface area contributed by atoms with Crippen molar-refractivity contribution in [3.63, 3.8) is 0 Å². The standard InChI is InChI=1S/C24H30N2O7S/c1-17(2)14-26(19-10-12-34(30,31)16-19)22(27)15-33-24(29)20(13-18-7-4-3-5-8-18)25-23(28)21-9-6-11-32-21/h3-9,11,17,19-20H,10,12-16H2,1-2H3,(H,25,28)/t19?,20-/m0/s1. The number of rotatable bonds is 10. The highest BCUT2D eigenvalue weighted by atomic mass is 32.2. The van der Waals surface area contributed by atoms with E-state index >= 15 is 0 Å². The van der Waals surface area contributed by atoms with Crippen LogP contribution in [0.25, 0.3) is 0 Å². The first kappa shape index (κ1) is 25.5. The van der Waals surface area contributed by atoms with Crippen LogP contribution in [0.1, 0.15) is 36.4 Å². The molecule has 0 saturated carbocycles. The monoisotopic (exact) mass is 490 g/mol. The molecule has 2 amide bonds. The third kappa shape index (κ3) is 7.18. The third-order valence-corrected chi connectivity index (χ3v) is 7.24. The molecule has 0 spiro atoms. The summed E-state index contributed by atoms with van der Waals surface area (Å²) >= 11 is 0. The number of amides is 2. The summed E-state index contributed by atoms with van der Waals surface area (Å²) in [5.41, 5.74) is 0.799. The molecule has 1 N–H and O–H groups in total. The lowest BCUT2D eigenvalue weighted by atomic mass is 10.1. The number of esters is 1. The van der Waals surface area contributed by atoms with Gasteiger partial charge in [-0.1, -0.05) is 44.2 Å². The molecular formula is C24H30N2O7S. The minimum absolute atomic E-state index is 0.0390. The molecule has 1 aliphatic rings. The van der Waals surface area contributed by atoms with E-state index in [1.807, 2.05) is 44.2 Å². The first-order valence-electron chi connectivity index (χ1n) is 11.2. The molecular weight excluding hydrogens is 460 g/mol. The number of nitrogens with zero attached hydrogens (tertiary/aromatic N) is 1. The number of hydrogen-bond donors (Lipinski definition) is 1. The van der Waals surface area contributed by atoms with Gasteiger partial charge in [-0.3, -0.25) is 9.59 Å². The van der Waals surface area contributed by atoms with Crippen molar-refractivity contribution in [2.75, 3.05) is 24.7 Å². The number of carbonyl (C=O) groups excluding carboxylic acids is 3. The molecule has 1 unspecified atom stereocenters. The zero-order valence-corrected chi connectivity index (χ0v) is 20.1. The number of carbonyl (C=O) groups is 3. The average Bonchev–Trinajstić information content (AvgIpc) is 3.45. The molecule has 0 bridgehead atoms. The van der Waals surface area contributed by atoms with Gasteiger partial charge in [0.25, 0.3) is 11.8 Å². The van der Waals surface area contributed by atoms with Gasteiger partial charge >= 0.3 is 5.97 Å². The maximum Gasteiger partial charge on any atom is 0.329 e. The Kier molecular flexibility index (Phi) is 8.49. The molecule has 1 aromatic heterocycles. The van der Waals surface area contributed by atoms with Gasteiger partial charge in [0.05, 0.1) is 17.8 Å². The first-order chi connectivity index (χ1) is 16.1. The highest BCUT2D eigenvalue weighted by molar-refractivity contribution is 7.91. The van der Waals surface area contributed by atoms with E-state index < -0.39 is 46.3 Å². The van der Waals surface area contributed by atoms with Crippen molar-refractivity contribution >= 4 is 27.6 Å². The van der Waals surface area contributed by atoms with E-state index in [9.17, 15) is 22.8 Å². The molecule has 2 heterocycles. The fourth-order valence-electron chi connectivity index (χ4n) is 3.87. The Balaban J connectivity index is 1.67. The van der Waals surface area contributed by atoms with E-state index in [0.29, 0.717) is 13.0 Å². The van der Waals surface area contributed by atoms with Crippen LogP contribution < -0.4 is 5.32 Å². The first-order valence-corrected chi connectivity index (χ1v) is 13.0. The summed E-state index contributed by atoms with van der Waals surface area (Å²) in [6.45, 7) is 3.68. The zero-order chi connectivity index (χ0) is 24.7. The summed E-state index contributed by atoms with van der Waals surface area (Å²) in [4.78, 5) is 39.8. The van der Waals surface area contributed by atoms with Crippen LogP contribution in [-0.4, -0.2) is 67.8 Å². The van der Waals surface area contributed by atoms with Gasteiger partial charge in [-0.2, -0.15) is 0 Å². The van der Waals surface area contributed by atoms with Gasteiger partial charge in [0, 0.05) is 19.0 Å². The number of ether oxygens (including phenoxy) is 1. The molecule has 9 nitrogen and oxygen atoms in total. The van der Waals surface area contributed by atoms with Crippen LogP contribution in [0.15, 0.2) is 53.1 Å². The van der Waals surface area contributed by atoms with Crippen LogP contribution in [0.4, 0.5) is 0 Å². The van der Waals surface area contributed by atoms with E-state index in [4.69, 9.17) is 9.15 Å². The largest absolute Gasteiger partial charge is 0.459 e. The Labute approximate surface area is 199 Å². The predicted octanol–water partition coefficient (Wildman–Crippen LogP) is 1.84. The average molecular weight is 491 g/mol. The quantitative estimate of drug-likeness (QED) is 0.504. The van der Waals surface area contributed by atoms with Gasteiger partial charge in [0.2, 0.25) is 0 Å². The number of sulfone groups is 1. The summed E-state index contributed by atoms with van der Waals surface area (Å²) in [6, 6.07) is 10.7. The van der Waals surface area contributed by atoms with Crippen LogP contribution >= 0.6 is 0 Å². The zero-order valence-electron chi connectivity index (χ0n) is 19.3. The Bertz CT molecular complexity index is 1080. The Morgan fingerprint density at radius 1 is 1.15 bits per heavy atom. The second kappa shape index (κ2) is 11.3. The number of hydrogen-bond acceptors (Lipinski definition) is 7. The molecule has 10 heteroatoms. The number of nitrogens with one attached hydrogen (secondary N) is 1. The summed E-state index contributed by atoms with van der Waals surface area (Å²) < 4.78 is 34.2. The van der Waals surface area contributed by atoms with Crippen LogP contribution in [0, 0.1) is 5.92 Å². The van der Waals surface area contributed by atoms with E-state index in [-0.39, 0.29) is 29.6 Å². The topological polar surface area (TPSA) is 123 Å². The Hall–Kier alpha value is -3.14. The molecule has 34 heavy (non-hydrogen) atoms. The van der Waals surface area contributed by atoms with Crippen molar-refractivity contribution in [1.82, 2.24) is 10.2 Å². The van der Waals surface area contributed by atoms with Crippen LogP contribution in [0.2, 0.25) is 0 Å². The van der Waals surface area contributed by atoms with Gasteiger partial charge in [-0.25, -0.2) is 13.2 Å². The van der Waals surface area contributed by atoms with Crippen molar-refractivity contribution in [2.45, 2.75) is 38.8 Å². The smallest absolute Gasteiger partial charge is 0.329 e. The normalized spacial score (nSPS) is 17.8. The summed E-state index contributed by atoms with van der Waals surface area (Å²) in [7, 11) is -3.18. The highest BCUT2D eigenvalue weighted by Crippen LogP contribution is 2.19. The van der Waals surface area contributed by atoms with Gasteiger partial charge in [0.15, 0.2) is 22.2 Å². The summed E-state index contributed by atoms with van der Waals surface area (Å²) in [5.74, 6) is -1.69. The molecule has 1 aliphatic heterocycles. The van der Waals surface area contributed by atoms with Crippen molar-refractivity contribution in [1.29, 1.82) is 0 Å². The van der Waals surface area contributed by atoms with E-state index in [1.165, 1.54) is 17.2 Å². The Morgan fingerprint density at radius 2 is 1.88 bits per heavy atom. The second-order valence-corrected chi connectivity index (χ2v) is 11.0. The molecule has 3 rings (SSSR count). The molecule has 2 atom stereocenters. The fraction of sp³-hybridized carbons (Fsp3) is 0.458. The molecule has 2 aromatic rings. The van der Waals surface area contributed by atoms with Crippen molar-refractivity contribution in [3.05, 3.63) is 60.1 Å². The van der Waals surface area contributed by atoms with Crippen molar-refractivity contribution < 1.29 is 32.0 Å². The van der Waals surface area contributed by atoms with E-state index in [2.05, 4.69) is 5.32 Å². The van der Waals surface area contributed by atoms with Crippen LogP contribution in [-0.2, 0) is 30.6 Å². The highest BCUT2D eigenvalue weighted by Gasteiger charge is 2.35. The molecule has 1 saturated heterocycles. The van der Waals surface area contributed by atoms with Crippen molar-refractivity contribution in [2.24, 2.45) is 5.92 Å². The lowest BCUT2D eigenvalue weighted by molar-refractivity contribution is -0.154. The van der Waals surface area contributed by atoms with Crippen LogP contribution in [0.5, 0.6) is 0 Å². The van der Waals surface area contributed by atoms with Crippen molar-refractivity contribution in [3.8, 4) is 0 Å². The Morgan fingerprint density at radius 3 is 2.47 bits per heavy atom. The summed E-state index contributed by atoms with van der Waals surface area (Å²) in [6.07, 6.45) is 1.88. The minimum Gasteiger partial charge on any atom is -0.459 e. The maximum absolute atomic E-state index is 12.9. The molecule has 1 aromatic carbocycles. The second-order valence-electron chi connectivity index (χ2n) is 8.80. The molecule has 1 fully saturated rings. The lowest BCUT2D eigenvalue weighted by Gasteiger charge is -2.30. The SMILES string of the molecule is CC(C)CN(C(=O)COC(=O)[C@H](Cc1ccccc1)NC(=O)c1ccco1)C1CCS(=O)(=O)C1. The fourth-order valence-corrected chi connectivity index (χ4v) is 5.60. The van der Waals surface area contributed by atoms with Gasteiger partial charge in [-0.05, 0) is 30.0 Å². The third-order valence-electron chi connectivity index (χ3n) is 5.49. The summed E-state index contributed by atoms with van der Waals surface area (Å²) in [5, 5.41) is 2.61. The minimum atomic E-state index is -3.18. The van der Waals surface area contributed by atoms with E-state index in [0.717, 1.165) is 5.56 Å².